The molecule has 0 heterocycles. The largest absolute Gasteiger partial charge is 0.497 e. The first kappa shape index (κ1) is 29.2. The fourth-order valence-corrected chi connectivity index (χ4v) is 4.90. The number of carbonyl (C=O) groups is 2. The van der Waals surface area contributed by atoms with Crippen LogP contribution in [0, 0.1) is 0 Å². The van der Waals surface area contributed by atoms with E-state index in [0.29, 0.717) is 24.3 Å². The molecule has 198 valence electrons. The molecule has 0 spiro atoms. The van der Waals surface area contributed by atoms with Crippen LogP contribution in [0.5, 0.6) is 5.75 Å². The highest BCUT2D eigenvalue weighted by molar-refractivity contribution is 7.92. The van der Waals surface area contributed by atoms with E-state index >= 15 is 0 Å². The Labute approximate surface area is 215 Å². The first-order valence-corrected chi connectivity index (χ1v) is 14.0. The lowest BCUT2D eigenvalue weighted by Crippen LogP contribution is -2.53. The minimum Gasteiger partial charge on any atom is -0.497 e. The van der Waals surface area contributed by atoms with Gasteiger partial charge in [-0.2, -0.15) is 0 Å². The molecule has 0 saturated carbocycles. The molecule has 2 rings (SSSR count). The van der Waals surface area contributed by atoms with Gasteiger partial charge in [-0.3, -0.25) is 13.9 Å². The van der Waals surface area contributed by atoms with E-state index in [2.05, 4.69) is 5.32 Å². The van der Waals surface area contributed by atoms with Crippen molar-refractivity contribution in [3.05, 3.63) is 60.2 Å². The fourth-order valence-electron chi connectivity index (χ4n) is 3.94. The molecule has 8 nitrogen and oxygen atoms in total. The number of nitrogens with zero attached hydrogens (tertiary/aromatic N) is 2. The highest BCUT2D eigenvalue weighted by Crippen LogP contribution is 2.21. The lowest BCUT2D eigenvalue weighted by Gasteiger charge is -2.33. The van der Waals surface area contributed by atoms with Crippen LogP contribution in [0.4, 0.5) is 5.69 Å². The van der Waals surface area contributed by atoms with Gasteiger partial charge in [-0.1, -0.05) is 37.3 Å². The average Bonchev–Trinajstić information content (AvgIpc) is 2.80. The van der Waals surface area contributed by atoms with Crippen LogP contribution in [0.2, 0.25) is 0 Å². The molecule has 0 aliphatic heterocycles. The summed E-state index contributed by atoms with van der Waals surface area (Å²) in [5.41, 5.74) is 0.948. The van der Waals surface area contributed by atoms with Gasteiger partial charge in [0.2, 0.25) is 21.8 Å². The zero-order chi connectivity index (χ0) is 26.9. The predicted molar refractivity (Wildman–Crippen MR) is 143 cm³/mol. The summed E-state index contributed by atoms with van der Waals surface area (Å²) in [4.78, 5) is 28.2. The van der Waals surface area contributed by atoms with Crippen LogP contribution in [0.1, 0.15) is 52.5 Å². The van der Waals surface area contributed by atoms with Gasteiger partial charge < -0.3 is 15.0 Å². The van der Waals surface area contributed by atoms with Crippen molar-refractivity contribution in [2.75, 3.05) is 24.2 Å². The van der Waals surface area contributed by atoms with E-state index in [0.717, 1.165) is 11.8 Å². The van der Waals surface area contributed by atoms with E-state index < -0.39 is 21.6 Å². The van der Waals surface area contributed by atoms with E-state index in [1.54, 1.807) is 36.3 Å². The van der Waals surface area contributed by atoms with Crippen LogP contribution >= 0.6 is 0 Å². The maximum atomic E-state index is 13.5. The average molecular weight is 518 g/mol. The maximum absolute atomic E-state index is 13.5. The number of hydrogen-bond acceptors (Lipinski definition) is 5. The van der Waals surface area contributed by atoms with Gasteiger partial charge in [0.1, 0.15) is 11.8 Å². The molecule has 0 unspecified atom stereocenters. The summed E-state index contributed by atoms with van der Waals surface area (Å²) in [5.74, 6) is 0.234. The molecule has 36 heavy (non-hydrogen) atoms. The van der Waals surface area contributed by atoms with E-state index in [1.165, 1.54) is 4.31 Å². The summed E-state index contributed by atoms with van der Waals surface area (Å²) in [6.07, 6.45) is 2.01. The third kappa shape index (κ3) is 8.86. The predicted octanol–water partition coefficient (Wildman–Crippen LogP) is 3.96. The second-order valence-electron chi connectivity index (χ2n) is 9.81. The van der Waals surface area contributed by atoms with Crippen molar-refractivity contribution in [2.24, 2.45) is 0 Å². The maximum Gasteiger partial charge on any atom is 0.243 e. The fraction of sp³-hybridized carbons (Fsp3) is 0.481. The van der Waals surface area contributed by atoms with Gasteiger partial charge in [-0.05, 0) is 63.4 Å². The molecule has 1 atom stereocenters. The number of anilines is 1. The van der Waals surface area contributed by atoms with Crippen molar-refractivity contribution in [3.8, 4) is 5.75 Å². The lowest BCUT2D eigenvalue weighted by molar-refractivity contribution is -0.142. The first-order chi connectivity index (χ1) is 16.9. The SMILES string of the molecule is CC[C@H](C(=O)NC(C)(C)C)N(Cc1cccc(OC)c1)C(=O)CCCN(c1ccccc1)S(C)(=O)=O. The van der Waals surface area contributed by atoms with Crippen molar-refractivity contribution in [2.45, 2.75) is 65.1 Å². The van der Waals surface area contributed by atoms with Gasteiger partial charge in [0.25, 0.3) is 0 Å². The lowest BCUT2D eigenvalue weighted by atomic mass is 10.0. The smallest absolute Gasteiger partial charge is 0.243 e. The highest BCUT2D eigenvalue weighted by Gasteiger charge is 2.30. The van der Waals surface area contributed by atoms with Crippen molar-refractivity contribution < 1.29 is 22.7 Å². The van der Waals surface area contributed by atoms with Crippen molar-refractivity contribution >= 4 is 27.5 Å². The molecule has 0 fully saturated rings. The number of nitrogens with one attached hydrogen (secondary N) is 1. The molecule has 0 saturated heterocycles. The van der Waals surface area contributed by atoms with E-state index in [4.69, 9.17) is 4.74 Å². The zero-order valence-corrected chi connectivity index (χ0v) is 23.0. The number of ether oxygens (including phenoxy) is 1. The molecule has 0 aliphatic carbocycles. The Kier molecular flexibility index (Phi) is 10.3. The summed E-state index contributed by atoms with van der Waals surface area (Å²) in [6.45, 7) is 7.96. The molecule has 9 heteroatoms. The Bertz CT molecular complexity index is 1110. The normalized spacial score (nSPS) is 12.5. The number of para-hydroxylation sites is 1. The molecule has 2 aromatic rings. The Morgan fingerprint density at radius 3 is 2.28 bits per heavy atom. The molecular formula is C27H39N3O5S. The minimum atomic E-state index is -3.52. The number of benzene rings is 2. The molecule has 0 aromatic heterocycles. The monoisotopic (exact) mass is 517 g/mol. The molecule has 1 N–H and O–H groups in total. The Morgan fingerprint density at radius 2 is 1.72 bits per heavy atom. The van der Waals surface area contributed by atoms with Crippen LogP contribution in [-0.4, -0.2) is 56.6 Å². The van der Waals surface area contributed by atoms with Crippen LogP contribution in [-0.2, 0) is 26.2 Å². The molecule has 0 radical (unpaired) electrons. The second-order valence-corrected chi connectivity index (χ2v) is 11.7. The summed E-state index contributed by atoms with van der Waals surface area (Å²) in [5, 5.41) is 2.98. The Hall–Kier alpha value is -3.07. The summed E-state index contributed by atoms with van der Waals surface area (Å²) in [7, 11) is -1.94. The van der Waals surface area contributed by atoms with Crippen LogP contribution in [0.25, 0.3) is 0 Å². The number of carbonyl (C=O) groups excluding carboxylic acids is 2. The van der Waals surface area contributed by atoms with Gasteiger partial charge in [0.15, 0.2) is 0 Å². The van der Waals surface area contributed by atoms with Gasteiger partial charge >= 0.3 is 0 Å². The molecule has 2 aromatic carbocycles. The molecule has 0 aliphatic rings. The van der Waals surface area contributed by atoms with Crippen molar-refractivity contribution in [1.29, 1.82) is 0 Å². The number of methoxy groups -OCH3 is 1. The van der Waals surface area contributed by atoms with Gasteiger partial charge in [-0.25, -0.2) is 8.42 Å². The number of rotatable bonds is 12. The Balaban J connectivity index is 2.25. The van der Waals surface area contributed by atoms with Crippen LogP contribution < -0.4 is 14.4 Å². The zero-order valence-electron chi connectivity index (χ0n) is 22.2. The van der Waals surface area contributed by atoms with Crippen molar-refractivity contribution in [3.63, 3.8) is 0 Å². The standard InChI is InChI=1S/C27H39N3O5S/c1-7-24(26(32)28-27(2,3)4)29(20-21-13-11-16-23(19-21)35-5)25(31)17-12-18-30(36(6,33)34)22-14-9-8-10-15-22/h8-11,13-16,19,24H,7,12,17-18,20H2,1-6H3,(H,28,32)/t24-/m1/s1. The van der Waals surface area contributed by atoms with E-state index in [-0.39, 0.29) is 31.3 Å². The van der Waals surface area contributed by atoms with E-state index in [1.807, 2.05) is 58.0 Å². The topological polar surface area (TPSA) is 96.0 Å². The first-order valence-electron chi connectivity index (χ1n) is 12.1. The summed E-state index contributed by atoms with van der Waals surface area (Å²) < 4.78 is 31.4. The quantitative estimate of drug-likeness (QED) is 0.460. The second kappa shape index (κ2) is 12.8. The Morgan fingerprint density at radius 1 is 1.06 bits per heavy atom. The van der Waals surface area contributed by atoms with Gasteiger partial charge in [0.05, 0.1) is 19.1 Å². The molecule has 0 bridgehead atoms. The van der Waals surface area contributed by atoms with Crippen LogP contribution in [0.3, 0.4) is 0 Å². The number of amides is 2. The number of hydrogen-bond donors (Lipinski definition) is 1. The minimum absolute atomic E-state index is 0.0993. The van der Waals surface area contributed by atoms with Gasteiger partial charge in [-0.15, -0.1) is 0 Å². The molecule has 2 amide bonds. The summed E-state index contributed by atoms with van der Waals surface area (Å²) in [6, 6.07) is 15.5. The van der Waals surface area contributed by atoms with Gasteiger partial charge in [0, 0.05) is 25.0 Å². The third-order valence-electron chi connectivity index (χ3n) is 5.57. The van der Waals surface area contributed by atoms with Crippen molar-refractivity contribution in [1.82, 2.24) is 10.2 Å². The highest BCUT2D eigenvalue weighted by atomic mass is 32.2. The molecular weight excluding hydrogens is 478 g/mol. The van der Waals surface area contributed by atoms with Crippen LogP contribution in [0.15, 0.2) is 54.6 Å². The van der Waals surface area contributed by atoms with E-state index in [9.17, 15) is 18.0 Å². The third-order valence-corrected chi connectivity index (χ3v) is 6.76. The number of sulfonamides is 1. The summed E-state index contributed by atoms with van der Waals surface area (Å²) >= 11 is 0.